The number of hydrogen-bond acceptors (Lipinski definition) is 8. The van der Waals surface area contributed by atoms with Crippen LogP contribution in [-0.2, 0) is 9.47 Å². The monoisotopic (exact) mass is 460 g/mol. The summed E-state index contributed by atoms with van der Waals surface area (Å²) in [6.07, 6.45) is 5.93. The van der Waals surface area contributed by atoms with Crippen molar-refractivity contribution in [2.24, 2.45) is 11.8 Å². The van der Waals surface area contributed by atoms with E-state index in [0.29, 0.717) is 37.2 Å². The maximum atomic E-state index is 10.2. The number of aliphatic hydroxyl groups is 1. The summed E-state index contributed by atoms with van der Waals surface area (Å²) in [5.74, 6) is 1.96. The zero-order chi connectivity index (χ0) is 22.6. The number of rotatable bonds is 8. The quantitative estimate of drug-likeness (QED) is 0.643. The molecule has 0 radical (unpaired) electrons. The summed E-state index contributed by atoms with van der Waals surface area (Å²) >= 11 is 0. The molecule has 8 nitrogen and oxygen atoms in total. The molecule has 2 aliphatic heterocycles. The van der Waals surface area contributed by atoms with Crippen LogP contribution in [0.3, 0.4) is 0 Å². The average Bonchev–Trinajstić information content (AvgIpc) is 3.47. The van der Waals surface area contributed by atoms with Crippen molar-refractivity contribution in [3.05, 3.63) is 18.2 Å². The number of hydrogen-bond donors (Lipinski definition) is 1. The first-order valence-electron chi connectivity index (χ1n) is 12.4. The first kappa shape index (κ1) is 22.9. The Balaban J connectivity index is 1.16. The highest BCUT2D eigenvalue weighted by atomic mass is 16.6. The molecule has 3 fully saturated rings. The minimum Gasteiger partial charge on any atom is -0.487 e. The molecule has 2 saturated heterocycles. The predicted molar refractivity (Wildman–Crippen MR) is 123 cm³/mol. The van der Waals surface area contributed by atoms with Gasteiger partial charge in [-0.1, -0.05) is 6.07 Å². The van der Waals surface area contributed by atoms with Gasteiger partial charge in [0.1, 0.15) is 17.2 Å². The number of benzene rings is 1. The molecule has 0 spiro atoms. The van der Waals surface area contributed by atoms with E-state index in [9.17, 15) is 5.11 Å². The average molecular weight is 461 g/mol. The van der Waals surface area contributed by atoms with Crippen LogP contribution in [-0.4, -0.2) is 80.0 Å². The van der Waals surface area contributed by atoms with E-state index in [4.69, 9.17) is 23.5 Å². The molecule has 3 aliphatic rings. The Hall–Kier alpha value is -1.87. The molecule has 33 heavy (non-hydrogen) atoms. The van der Waals surface area contributed by atoms with Crippen LogP contribution >= 0.6 is 0 Å². The third-order valence-electron chi connectivity index (χ3n) is 7.49. The number of nitrogens with zero attached hydrogens (tertiary/aromatic N) is 2. The maximum Gasteiger partial charge on any atom is 0.265 e. The molecule has 4 atom stereocenters. The summed E-state index contributed by atoms with van der Waals surface area (Å²) in [5, 5.41) is 15.2. The second-order valence-corrected chi connectivity index (χ2v) is 9.72. The Morgan fingerprint density at radius 3 is 2.79 bits per heavy atom. The third kappa shape index (κ3) is 5.29. The second kappa shape index (κ2) is 10.6. The van der Waals surface area contributed by atoms with Gasteiger partial charge in [-0.05, 0) is 74.8 Å². The van der Waals surface area contributed by atoms with E-state index in [1.54, 1.807) is 7.11 Å². The molecule has 1 saturated carbocycles. The van der Waals surface area contributed by atoms with E-state index in [-0.39, 0.29) is 24.2 Å². The Kier molecular flexibility index (Phi) is 7.35. The lowest BCUT2D eigenvalue weighted by atomic mass is 9.94. The molecule has 4 unspecified atom stereocenters. The predicted octanol–water partition coefficient (Wildman–Crippen LogP) is 3.26. The Morgan fingerprint density at radius 1 is 1.12 bits per heavy atom. The highest BCUT2D eigenvalue weighted by molar-refractivity contribution is 5.88. The van der Waals surface area contributed by atoms with Crippen LogP contribution in [0.2, 0.25) is 0 Å². The lowest BCUT2D eigenvalue weighted by Crippen LogP contribution is -2.44. The standard InChI is InChI=1S/C25H36N2O6/c1-29-20-4-2-5-21(20)32-22-6-3-7-23-24(22)25(26-33-23)31-15-17-8-11-27(12-9-17)14-18-16-30-13-10-19(18)28/h3,6-7,17-21,28H,2,4-5,8-16H2,1H3. The lowest BCUT2D eigenvalue weighted by molar-refractivity contribution is -0.0496. The van der Waals surface area contributed by atoms with E-state index < -0.39 is 0 Å². The molecule has 1 aromatic carbocycles. The summed E-state index contributed by atoms with van der Waals surface area (Å²) in [7, 11) is 1.75. The van der Waals surface area contributed by atoms with E-state index >= 15 is 0 Å². The fraction of sp³-hybridized carbons (Fsp3) is 0.720. The lowest BCUT2D eigenvalue weighted by Gasteiger charge is -2.36. The van der Waals surface area contributed by atoms with Crippen molar-refractivity contribution >= 4 is 11.0 Å². The number of aliphatic hydroxyl groups excluding tert-OH is 1. The van der Waals surface area contributed by atoms with E-state index in [1.807, 2.05) is 18.2 Å². The zero-order valence-corrected chi connectivity index (χ0v) is 19.5. The van der Waals surface area contributed by atoms with E-state index in [0.717, 1.165) is 69.3 Å². The summed E-state index contributed by atoms with van der Waals surface area (Å²) in [6, 6.07) is 5.78. The smallest absolute Gasteiger partial charge is 0.265 e. The van der Waals surface area contributed by atoms with Gasteiger partial charge in [0.05, 0.1) is 25.4 Å². The number of likely N-dealkylation sites (tertiary alicyclic amines) is 1. The van der Waals surface area contributed by atoms with Crippen molar-refractivity contribution in [1.82, 2.24) is 10.1 Å². The van der Waals surface area contributed by atoms with Gasteiger partial charge in [-0.25, -0.2) is 0 Å². The Bertz CT molecular complexity index is 896. The van der Waals surface area contributed by atoms with Gasteiger partial charge in [0.25, 0.3) is 5.88 Å². The fourth-order valence-electron chi connectivity index (χ4n) is 5.41. The molecule has 1 aromatic heterocycles. The molecule has 5 rings (SSSR count). The fourth-order valence-corrected chi connectivity index (χ4v) is 5.41. The van der Waals surface area contributed by atoms with Crippen LogP contribution in [0, 0.1) is 11.8 Å². The summed E-state index contributed by atoms with van der Waals surface area (Å²) < 4.78 is 29.2. The second-order valence-electron chi connectivity index (χ2n) is 9.72. The largest absolute Gasteiger partial charge is 0.487 e. The molecule has 8 heteroatoms. The van der Waals surface area contributed by atoms with Crippen molar-refractivity contribution in [3.63, 3.8) is 0 Å². The Morgan fingerprint density at radius 2 is 1.97 bits per heavy atom. The number of aromatic nitrogens is 1. The molecule has 2 aromatic rings. The molecule has 0 amide bonds. The number of methoxy groups -OCH3 is 1. The highest BCUT2D eigenvalue weighted by Crippen LogP contribution is 2.37. The number of fused-ring (bicyclic) bond motifs is 1. The van der Waals surface area contributed by atoms with Gasteiger partial charge in [0.2, 0.25) is 0 Å². The zero-order valence-electron chi connectivity index (χ0n) is 19.5. The summed E-state index contributed by atoms with van der Waals surface area (Å²) in [4.78, 5) is 2.45. The molecule has 182 valence electrons. The number of piperidine rings is 1. The van der Waals surface area contributed by atoms with Crippen molar-refractivity contribution in [3.8, 4) is 11.6 Å². The van der Waals surface area contributed by atoms with Gasteiger partial charge in [0, 0.05) is 26.2 Å². The molecule has 3 heterocycles. The molecule has 0 bridgehead atoms. The first-order chi connectivity index (χ1) is 16.2. The minimum atomic E-state index is -0.236. The molecular weight excluding hydrogens is 424 g/mol. The van der Waals surface area contributed by atoms with Gasteiger partial charge in [-0.15, -0.1) is 0 Å². The summed E-state index contributed by atoms with van der Waals surface area (Å²) in [5.41, 5.74) is 0.678. The normalized spacial score (nSPS) is 29.5. The van der Waals surface area contributed by atoms with Crippen molar-refractivity contribution in [2.45, 2.75) is 56.8 Å². The highest BCUT2D eigenvalue weighted by Gasteiger charge is 2.31. The topological polar surface area (TPSA) is 86.4 Å². The van der Waals surface area contributed by atoms with E-state index in [1.165, 1.54) is 0 Å². The van der Waals surface area contributed by atoms with Crippen LogP contribution < -0.4 is 9.47 Å². The molecule has 1 aliphatic carbocycles. The van der Waals surface area contributed by atoms with Crippen LogP contribution in [0.25, 0.3) is 11.0 Å². The summed E-state index contributed by atoms with van der Waals surface area (Å²) in [6.45, 7) is 4.90. The van der Waals surface area contributed by atoms with Crippen LogP contribution in [0.1, 0.15) is 38.5 Å². The van der Waals surface area contributed by atoms with Crippen molar-refractivity contribution in [2.75, 3.05) is 46.6 Å². The molecular formula is C25H36N2O6. The van der Waals surface area contributed by atoms with Crippen LogP contribution in [0.5, 0.6) is 11.6 Å². The Labute approximate surface area is 195 Å². The first-order valence-corrected chi connectivity index (χ1v) is 12.4. The third-order valence-corrected chi connectivity index (χ3v) is 7.49. The van der Waals surface area contributed by atoms with Gasteiger partial charge in [-0.3, -0.25) is 0 Å². The van der Waals surface area contributed by atoms with Crippen molar-refractivity contribution in [1.29, 1.82) is 0 Å². The maximum absolute atomic E-state index is 10.2. The van der Waals surface area contributed by atoms with Gasteiger partial charge < -0.3 is 33.5 Å². The van der Waals surface area contributed by atoms with E-state index in [2.05, 4.69) is 10.1 Å². The van der Waals surface area contributed by atoms with Crippen molar-refractivity contribution < 1.29 is 28.6 Å². The van der Waals surface area contributed by atoms with Crippen LogP contribution in [0.15, 0.2) is 22.7 Å². The number of ether oxygens (including phenoxy) is 4. The molecule has 1 N–H and O–H groups in total. The SMILES string of the molecule is COC1CCCC1Oc1cccc2onc(OCC3CCN(CC4COCCC4O)CC3)c12. The minimum absolute atomic E-state index is 0.0424. The van der Waals surface area contributed by atoms with Gasteiger partial charge >= 0.3 is 0 Å². The van der Waals surface area contributed by atoms with Crippen LogP contribution in [0.4, 0.5) is 0 Å². The van der Waals surface area contributed by atoms with Gasteiger partial charge in [0.15, 0.2) is 5.58 Å². The van der Waals surface area contributed by atoms with Gasteiger partial charge in [-0.2, -0.15) is 0 Å².